The summed E-state index contributed by atoms with van der Waals surface area (Å²) in [7, 11) is 1.28. The molecule has 0 radical (unpaired) electrons. The lowest BCUT2D eigenvalue weighted by molar-refractivity contribution is -0.148. The van der Waals surface area contributed by atoms with Gasteiger partial charge in [0.15, 0.2) is 6.10 Å². The van der Waals surface area contributed by atoms with Gasteiger partial charge in [-0.15, -0.1) is 0 Å². The van der Waals surface area contributed by atoms with Crippen molar-refractivity contribution in [3.05, 3.63) is 41.5 Å². The minimum absolute atomic E-state index is 0.0666. The molecule has 0 aliphatic rings. The van der Waals surface area contributed by atoms with E-state index in [1.54, 1.807) is 6.08 Å². The fourth-order valence-electron chi connectivity index (χ4n) is 1.37. The molecule has 19 heavy (non-hydrogen) atoms. The number of hydrogen-bond acceptors (Lipinski definition) is 3. The molecule has 1 atom stereocenters. The summed E-state index contributed by atoms with van der Waals surface area (Å²) in [4.78, 5) is 22.1. The summed E-state index contributed by atoms with van der Waals surface area (Å²) >= 11 is 0. The van der Waals surface area contributed by atoms with Crippen molar-refractivity contribution in [2.45, 2.75) is 13.0 Å². The van der Waals surface area contributed by atoms with Gasteiger partial charge in [-0.3, -0.25) is 4.79 Å². The second-order valence-corrected chi connectivity index (χ2v) is 4.05. The number of carbonyl (C=O) groups is 2. The van der Waals surface area contributed by atoms with Gasteiger partial charge in [-0.1, -0.05) is 29.8 Å². The van der Waals surface area contributed by atoms with Crippen molar-refractivity contribution in [3.63, 3.8) is 0 Å². The number of aryl methyl sites for hydroxylation is 1. The molecule has 0 aliphatic carbocycles. The molecule has 1 aromatic rings. The molecule has 1 rings (SSSR count). The van der Waals surface area contributed by atoms with E-state index in [0.717, 1.165) is 11.1 Å². The molecule has 1 unspecified atom stereocenters. The Morgan fingerprint density at radius 3 is 2.53 bits per heavy atom. The number of aliphatic carboxylic acids is 1. The number of hydrogen-bond donors (Lipinski definition) is 2. The summed E-state index contributed by atoms with van der Waals surface area (Å²) in [6.07, 6.45) is 1.99. The van der Waals surface area contributed by atoms with Gasteiger partial charge in [0.2, 0.25) is 5.91 Å². The molecule has 0 fully saturated rings. The van der Waals surface area contributed by atoms with E-state index in [-0.39, 0.29) is 12.5 Å². The van der Waals surface area contributed by atoms with Crippen molar-refractivity contribution in [3.8, 4) is 0 Å². The Bertz CT molecular complexity index is 465. The number of amides is 1. The maximum atomic E-state index is 11.5. The highest BCUT2D eigenvalue weighted by Crippen LogP contribution is 2.04. The Hall–Kier alpha value is -2.14. The predicted molar refractivity (Wildman–Crippen MR) is 71.7 cm³/mol. The van der Waals surface area contributed by atoms with Gasteiger partial charge >= 0.3 is 5.97 Å². The molecule has 0 heterocycles. The molecule has 1 amide bonds. The van der Waals surface area contributed by atoms with Crippen molar-refractivity contribution >= 4 is 18.0 Å². The van der Waals surface area contributed by atoms with Gasteiger partial charge in [0.05, 0.1) is 6.54 Å². The van der Waals surface area contributed by atoms with Crippen molar-refractivity contribution in [2.24, 2.45) is 0 Å². The lowest BCUT2D eigenvalue weighted by atomic mass is 10.1. The first-order chi connectivity index (χ1) is 9.02. The van der Waals surface area contributed by atoms with Crippen LogP contribution in [0.3, 0.4) is 0 Å². The second kappa shape index (κ2) is 7.33. The topological polar surface area (TPSA) is 75.6 Å². The highest BCUT2D eigenvalue weighted by molar-refractivity contribution is 5.92. The van der Waals surface area contributed by atoms with Crippen molar-refractivity contribution in [1.29, 1.82) is 0 Å². The summed E-state index contributed by atoms with van der Waals surface area (Å²) in [5, 5.41) is 11.2. The maximum Gasteiger partial charge on any atom is 0.334 e. The molecule has 0 aliphatic heterocycles. The molecule has 5 nitrogen and oxygen atoms in total. The Morgan fingerprint density at radius 2 is 2.00 bits per heavy atom. The number of carboxylic acid groups (broad SMARTS) is 1. The molecular formula is C14H17NO4. The molecule has 0 saturated heterocycles. The summed E-state index contributed by atoms with van der Waals surface area (Å²) in [5.74, 6) is -1.46. The van der Waals surface area contributed by atoms with E-state index in [0.29, 0.717) is 0 Å². The van der Waals surface area contributed by atoms with E-state index in [1.807, 2.05) is 31.2 Å². The standard InChI is InChI=1S/C14H17NO4/c1-10-3-5-11(6-4-10)7-8-13(16)15-9-12(19-2)14(17)18/h3-8,12H,9H2,1-2H3,(H,15,16)(H,17,18)/b8-7+. The largest absolute Gasteiger partial charge is 0.479 e. The lowest BCUT2D eigenvalue weighted by Gasteiger charge is -2.09. The maximum absolute atomic E-state index is 11.5. The van der Waals surface area contributed by atoms with Gasteiger partial charge in [-0.2, -0.15) is 0 Å². The van der Waals surface area contributed by atoms with E-state index in [9.17, 15) is 9.59 Å². The Morgan fingerprint density at radius 1 is 1.37 bits per heavy atom. The second-order valence-electron chi connectivity index (χ2n) is 4.05. The van der Waals surface area contributed by atoms with E-state index in [4.69, 9.17) is 9.84 Å². The third-order valence-electron chi connectivity index (χ3n) is 2.53. The van der Waals surface area contributed by atoms with Gasteiger partial charge in [0.25, 0.3) is 0 Å². The van der Waals surface area contributed by atoms with Crippen LogP contribution in [-0.2, 0) is 14.3 Å². The smallest absolute Gasteiger partial charge is 0.334 e. The summed E-state index contributed by atoms with van der Waals surface area (Å²) in [6.45, 7) is 1.92. The van der Waals surface area contributed by atoms with E-state index in [1.165, 1.54) is 13.2 Å². The summed E-state index contributed by atoms with van der Waals surface area (Å²) < 4.78 is 4.70. The number of rotatable bonds is 6. The number of carbonyl (C=O) groups excluding carboxylic acids is 1. The summed E-state index contributed by atoms with van der Waals surface area (Å²) in [6, 6.07) is 7.69. The normalized spacial score (nSPS) is 12.3. The molecule has 1 aromatic carbocycles. The monoisotopic (exact) mass is 263 g/mol. The van der Waals surface area contributed by atoms with Crippen LogP contribution in [0.4, 0.5) is 0 Å². The Labute approximate surface area is 111 Å². The van der Waals surface area contributed by atoms with Crippen LogP contribution >= 0.6 is 0 Å². The number of benzene rings is 1. The van der Waals surface area contributed by atoms with E-state index < -0.39 is 12.1 Å². The summed E-state index contributed by atoms with van der Waals surface area (Å²) in [5.41, 5.74) is 2.05. The number of nitrogens with one attached hydrogen (secondary N) is 1. The van der Waals surface area contributed by atoms with Crippen LogP contribution in [0.2, 0.25) is 0 Å². The van der Waals surface area contributed by atoms with Gasteiger partial charge in [-0.25, -0.2) is 4.79 Å². The zero-order valence-electron chi connectivity index (χ0n) is 10.9. The van der Waals surface area contributed by atoms with Crippen LogP contribution in [0.15, 0.2) is 30.3 Å². The minimum atomic E-state index is -1.11. The zero-order valence-corrected chi connectivity index (χ0v) is 10.9. The SMILES string of the molecule is COC(CNC(=O)/C=C/c1ccc(C)cc1)C(=O)O. The van der Waals surface area contributed by atoms with Crippen LogP contribution in [0.1, 0.15) is 11.1 Å². The van der Waals surface area contributed by atoms with Gasteiger partial charge in [-0.05, 0) is 18.6 Å². The molecule has 0 spiro atoms. The van der Waals surface area contributed by atoms with E-state index in [2.05, 4.69) is 5.32 Å². The molecular weight excluding hydrogens is 246 g/mol. The zero-order chi connectivity index (χ0) is 14.3. The average Bonchev–Trinajstić information content (AvgIpc) is 2.38. The first kappa shape index (κ1) is 14.9. The Kier molecular flexibility index (Phi) is 5.75. The van der Waals surface area contributed by atoms with Crippen LogP contribution in [0.5, 0.6) is 0 Å². The van der Waals surface area contributed by atoms with Gasteiger partial charge < -0.3 is 15.2 Å². The highest BCUT2D eigenvalue weighted by atomic mass is 16.5. The fraction of sp³-hybridized carbons (Fsp3) is 0.286. The van der Waals surface area contributed by atoms with Gasteiger partial charge in [0.1, 0.15) is 0 Å². The lowest BCUT2D eigenvalue weighted by Crippen LogP contribution is -2.37. The highest BCUT2D eigenvalue weighted by Gasteiger charge is 2.16. The van der Waals surface area contributed by atoms with Crippen LogP contribution in [-0.4, -0.2) is 36.7 Å². The van der Waals surface area contributed by atoms with Crippen molar-refractivity contribution in [1.82, 2.24) is 5.32 Å². The molecule has 5 heteroatoms. The molecule has 0 aromatic heterocycles. The van der Waals surface area contributed by atoms with E-state index >= 15 is 0 Å². The average molecular weight is 263 g/mol. The van der Waals surface area contributed by atoms with Gasteiger partial charge in [0, 0.05) is 13.2 Å². The fourth-order valence-corrected chi connectivity index (χ4v) is 1.37. The van der Waals surface area contributed by atoms with Crippen LogP contribution in [0.25, 0.3) is 6.08 Å². The third kappa shape index (κ3) is 5.35. The van der Waals surface area contributed by atoms with Crippen molar-refractivity contribution < 1.29 is 19.4 Å². The number of ether oxygens (including phenoxy) is 1. The molecule has 2 N–H and O–H groups in total. The predicted octanol–water partition coefficient (Wildman–Crippen LogP) is 1.22. The first-order valence-electron chi connectivity index (χ1n) is 5.81. The molecule has 0 saturated carbocycles. The van der Waals surface area contributed by atoms with Crippen LogP contribution in [0, 0.1) is 6.92 Å². The van der Waals surface area contributed by atoms with Crippen LogP contribution < -0.4 is 5.32 Å². The first-order valence-corrected chi connectivity index (χ1v) is 5.81. The minimum Gasteiger partial charge on any atom is -0.479 e. The van der Waals surface area contributed by atoms with Crippen molar-refractivity contribution in [2.75, 3.05) is 13.7 Å². The quantitative estimate of drug-likeness (QED) is 0.757. The molecule has 102 valence electrons. The number of carboxylic acids is 1. The molecule has 0 bridgehead atoms. The third-order valence-corrected chi connectivity index (χ3v) is 2.53. The Balaban J connectivity index is 2.47. The number of methoxy groups -OCH3 is 1.